The molecule has 1 atom stereocenters. The van der Waals surface area contributed by atoms with Crippen molar-refractivity contribution in [3.05, 3.63) is 0 Å². The van der Waals surface area contributed by atoms with E-state index < -0.39 is 0 Å². The van der Waals surface area contributed by atoms with Gasteiger partial charge >= 0.3 is 0 Å². The van der Waals surface area contributed by atoms with Gasteiger partial charge in [0.2, 0.25) is 11.8 Å². The van der Waals surface area contributed by atoms with Crippen LogP contribution in [-0.4, -0.2) is 50.4 Å². The summed E-state index contributed by atoms with van der Waals surface area (Å²) in [7, 11) is 3.44. The molecule has 0 aliphatic carbocycles. The van der Waals surface area contributed by atoms with E-state index in [2.05, 4.69) is 10.6 Å². The lowest BCUT2D eigenvalue weighted by molar-refractivity contribution is -0.128. The van der Waals surface area contributed by atoms with E-state index in [1.165, 1.54) is 11.3 Å². The molecule has 0 spiro atoms. The van der Waals surface area contributed by atoms with Crippen LogP contribution in [0.4, 0.5) is 0 Å². The first-order valence-corrected chi connectivity index (χ1v) is 6.27. The Morgan fingerprint density at radius 2 is 2.06 bits per heavy atom. The van der Waals surface area contributed by atoms with E-state index in [9.17, 15) is 9.59 Å². The van der Waals surface area contributed by atoms with Gasteiger partial charge in [-0.05, 0) is 31.8 Å². The number of carbonyl (C=O) groups is 2. The molecule has 1 aliphatic heterocycles. The van der Waals surface area contributed by atoms with Gasteiger partial charge in [-0.15, -0.1) is 12.4 Å². The molecule has 1 rings (SSSR count). The van der Waals surface area contributed by atoms with Crippen molar-refractivity contribution in [1.82, 2.24) is 15.5 Å². The second kappa shape index (κ2) is 9.16. The summed E-state index contributed by atoms with van der Waals surface area (Å²) < 4.78 is 0. The molecule has 5 nitrogen and oxygen atoms in total. The highest BCUT2D eigenvalue weighted by Gasteiger charge is 2.15. The van der Waals surface area contributed by atoms with Gasteiger partial charge in [-0.25, -0.2) is 0 Å². The van der Waals surface area contributed by atoms with Crippen LogP contribution in [0.3, 0.4) is 0 Å². The second-order valence-electron chi connectivity index (χ2n) is 4.79. The first-order valence-electron chi connectivity index (χ1n) is 6.27. The van der Waals surface area contributed by atoms with Crippen LogP contribution >= 0.6 is 12.4 Å². The van der Waals surface area contributed by atoms with Gasteiger partial charge in [0.05, 0.1) is 0 Å². The highest BCUT2D eigenvalue weighted by molar-refractivity contribution is 5.85. The molecule has 1 aliphatic rings. The third-order valence-electron chi connectivity index (χ3n) is 3.10. The Hall–Kier alpha value is -0.810. The van der Waals surface area contributed by atoms with Crippen molar-refractivity contribution in [3.8, 4) is 0 Å². The van der Waals surface area contributed by atoms with Crippen LogP contribution in [0.15, 0.2) is 0 Å². The van der Waals surface area contributed by atoms with Crippen LogP contribution in [0.5, 0.6) is 0 Å². The average Bonchev–Trinajstić information content (AvgIpc) is 2.78. The van der Waals surface area contributed by atoms with Crippen LogP contribution in [-0.2, 0) is 9.59 Å². The van der Waals surface area contributed by atoms with Gasteiger partial charge < -0.3 is 15.5 Å². The summed E-state index contributed by atoms with van der Waals surface area (Å²) in [6.45, 7) is 2.55. The van der Waals surface area contributed by atoms with Gasteiger partial charge in [0.1, 0.15) is 0 Å². The Balaban J connectivity index is 0.00000289. The van der Waals surface area contributed by atoms with Crippen LogP contribution in [0.25, 0.3) is 0 Å². The first-order chi connectivity index (χ1) is 8.09. The Labute approximate surface area is 115 Å². The molecule has 18 heavy (non-hydrogen) atoms. The zero-order valence-electron chi connectivity index (χ0n) is 11.2. The minimum Gasteiger partial charge on any atom is -0.356 e. The lowest BCUT2D eigenvalue weighted by Crippen LogP contribution is -2.30. The zero-order chi connectivity index (χ0) is 12.7. The number of hydrogen-bond donors (Lipinski definition) is 2. The molecule has 0 aromatic rings. The highest BCUT2D eigenvalue weighted by Crippen LogP contribution is 2.13. The molecule has 0 aromatic carbocycles. The third-order valence-corrected chi connectivity index (χ3v) is 3.10. The first kappa shape index (κ1) is 17.2. The minimum atomic E-state index is 0. The van der Waals surface area contributed by atoms with Crippen molar-refractivity contribution in [3.63, 3.8) is 0 Å². The van der Waals surface area contributed by atoms with Gasteiger partial charge in [-0.3, -0.25) is 9.59 Å². The van der Waals surface area contributed by atoms with Crippen molar-refractivity contribution in [2.75, 3.05) is 33.7 Å². The van der Waals surface area contributed by atoms with Gasteiger partial charge in [0, 0.05) is 33.5 Å². The summed E-state index contributed by atoms with van der Waals surface area (Å²) in [6.07, 6.45) is 3.07. The largest absolute Gasteiger partial charge is 0.356 e. The van der Waals surface area contributed by atoms with Gasteiger partial charge in [0.15, 0.2) is 0 Å². The molecule has 2 amide bonds. The summed E-state index contributed by atoms with van der Waals surface area (Å²) >= 11 is 0. The molecule has 0 bridgehead atoms. The predicted octanol–water partition coefficient (Wildman–Crippen LogP) is 0.392. The van der Waals surface area contributed by atoms with Crippen LogP contribution < -0.4 is 10.6 Å². The fourth-order valence-electron chi connectivity index (χ4n) is 1.92. The Morgan fingerprint density at radius 1 is 1.33 bits per heavy atom. The topological polar surface area (TPSA) is 61.4 Å². The number of hydrogen-bond acceptors (Lipinski definition) is 3. The van der Waals surface area contributed by atoms with E-state index in [0.29, 0.717) is 25.3 Å². The molecule has 1 saturated heterocycles. The van der Waals surface area contributed by atoms with E-state index in [4.69, 9.17) is 0 Å². The smallest absolute Gasteiger partial charge is 0.223 e. The van der Waals surface area contributed by atoms with Crippen LogP contribution in [0.1, 0.15) is 25.7 Å². The maximum atomic E-state index is 11.5. The Morgan fingerprint density at radius 3 is 2.61 bits per heavy atom. The molecule has 2 N–H and O–H groups in total. The summed E-state index contributed by atoms with van der Waals surface area (Å²) in [5.74, 6) is 0.748. The fourth-order valence-corrected chi connectivity index (χ4v) is 1.92. The van der Waals surface area contributed by atoms with Gasteiger partial charge in [-0.2, -0.15) is 0 Å². The van der Waals surface area contributed by atoms with Crippen molar-refractivity contribution in [2.45, 2.75) is 25.7 Å². The van der Waals surface area contributed by atoms with Crippen molar-refractivity contribution in [1.29, 1.82) is 0 Å². The monoisotopic (exact) mass is 277 g/mol. The molecule has 1 heterocycles. The molecule has 106 valence electrons. The Kier molecular flexibility index (Phi) is 8.75. The number of amides is 2. The number of carbonyl (C=O) groups excluding carboxylic acids is 2. The van der Waals surface area contributed by atoms with Crippen molar-refractivity contribution < 1.29 is 9.59 Å². The van der Waals surface area contributed by atoms with Gasteiger partial charge in [0.25, 0.3) is 0 Å². The van der Waals surface area contributed by atoms with E-state index in [-0.39, 0.29) is 24.2 Å². The maximum absolute atomic E-state index is 11.5. The van der Waals surface area contributed by atoms with Gasteiger partial charge in [-0.1, -0.05) is 0 Å². The highest BCUT2D eigenvalue weighted by atomic mass is 35.5. The lowest BCUT2D eigenvalue weighted by Gasteiger charge is -2.11. The summed E-state index contributed by atoms with van der Waals surface area (Å²) in [6, 6.07) is 0. The molecular formula is C12H24ClN3O2. The molecule has 0 radical (unpaired) electrons. The zero-order valence-corrected chi connectivity index (χ0v) is 12.0. The van der Waals surface area contributed by atoms with E-state index in [1.54, 1.807) is 14.1 Å². The number of nitrogens with one attached hydrogen (secondary N) is 2. The Bertz CT molecular complexity index is 266. The van der Waals surface area contributed by atoms with Crippen LogP contribution in [0.2, 0.25) is 0 Å². The number of halogens is 1. The predicted molar refractivity (Wildman–Crippen MR) is 73.8 cm³/mol. The molecule has 1 fully saturated rings. The quantitative estimate of drug-likeness (QED) is 0.738. The summed E-state index contributed by atoms with van der Waals surface area (Å²) in [5.41, 5.74) is 0. The second-order valence-corrected chi connectivity index (χ2v) is 4.79. The lowest BCUT2D eigenvalue weighted by atomic mass is 10.0. The fraction of sp³-hybridized carbons (Fsp3) is 0.833. The normalized spacial score (nSPS) is 18.0. The molecule has 6 heteroatoms. The average molecular weight is 278 g/mol. The van der Waals surface area contributed by atoms with Crippen molar-refractivity contribution in [2.24, 2.45) is 5.92 Å². The summed E-state index contributed by atoms with van der Waals surface area (Å²) in [5, 5.41) is 6.07. The van der Waals surface area contributed by atoms with Crippen molar-refractivity contribution >= 4 is 24.2 Å². The minimum absolute atomic E-state index is 0. The maximum Gasteiger partial charge on any atom is 0.223 e. The van der Waals surface area contributed by atoms with E-state index in [1.807, 2.05) is 0 Å². The third kappa shape index (κ3) is 6.81. The van der Waals surface area contributed by atoms with E-state index >= 15 is 0 Å². The number of rotatable bonds is 6. The van der Waals surface area contributed by atoms with Crippen LogP contribution in [0, 0.1) is 5.92 Å². The standard InChI is InChI=1S/C12H23N3O2.ClH/c1-15(2)12(17)6-8-14-11(16)4-3-10-5-7-13-9-10;/h10,13H,3-9H2,1-2H3,(H,14,16);1H. The SMILES string of the molecule is CN(C)C(=O)CCNC(=O)CCC1CCNC1.Cl. The summed E-state index contributed by atoms with van der Waals surface area (Å²) in [4.78, 5) is 24.3. The molecular weight excluding hydrogens is 254 g/mol. The van der Waals surface area contributed by atoms with E-state index in [0.717, 1.165) is 19.5 Å². The molecule has 0 aromatic heterocycles. The molecule has 0 saturated carbocycles. The number of nitrogens with zero attached hydrogens (tertiary/aromatic N) is 1. The molecule has 1 unspecified atom stereocenters.